The van der Waals surface area contributed by atoms with Gasteiger partial charge < -0.3 is 10.4 Å². The van der Waals surface area contributed by atoms with Gasteiger partial charge in [-0.2, -0.15) is 18.3 Å². The Labute approximate surface area is 168 Å². The zero-order valence-corrected chi connectivity index (χ0v) is 16.4. The van der Waals surface area contributed by atoms with Gasteiger partial charge in [-0.3, -0.25) is 9.48 Å². The number of carbonyl (C=O) groups is 1. The summed E-state index contributed by atoms with van der Waals surface area (Å²) >= 11 is 3.30. The van der Waals surface area contributed by atoms with Gasteiger partial charge in [0.2, 0.25) is 5.91 Å². The van der Waals surface area contributed by atoms with E-state index in [4.69, 9.17) is 0 Å². The van der Waals surface area contributed by atoms with Gasteiger partial charge in [-0.25, -0.2) is 0 Å². The first-order valence-corrected chi connectivity index (χ1v) is 9.73. The molecular formula is C19H19BrF3N3O2. The summed E-state index contributed by atoms with van der Waals surface area (Å²) in [4.78, 5) is 12.8. The summed E-state index contributed by atoms with van der Waals surface area (Å²) in [5.74, 6) is -0.263. The minimum Gasteiger partial charge on any atom is -0.380 e. The molecule has 0 bridgehead atoms. The molecule has 2 saturated carbocycles. The molecule has 28 heavy (non-hydrogen) atoms. The SMILES string of the molecule is O=C(NCC1(c2ccccc2)CC(O)(C(F)(F)F)C1)C1(n2cc(Br)cn2)CC1. The van der Waals surface area contributed by atoms with E-state index in [0.29, 0.717) is 18.4 Å². The van der Waals surface area contributed by atoms with E-state index in [1.807, 2.05) is 0 Å². The zero-order valence-electron chi connectivity index (χ0n) is 14.8. The Bertz CT molecular complexity index is 887. The van der Waals surface area contributed by atoms with Gasteiger partial charge in [0, 0.05) is 18.2 Å². The molecule has 2 fully saturated rings. The number of hydrogen-bond acceptors (Lipinski definition) is 3. The van der Waals surface area contributed by atoms with E-state index in [9.17, 15) is 23.1 Å². The number of nitrogens with one attached hydrogen (secondary N) is 1. The number of benzene rings is 1. The zero-order chi connectivity index (χ0) is 20.2. The summed E-state index contributed by atoms with van der Waals surface area (Å²) in [6, 6.07) is 8.74. The van der Waals surface area contributed by atoms with E-state index in [0.717, 1.165) is 4.47 Å². The van der Waals surface area contributed by atoms with Gasteiger partial charge in [0.15, 0.2) is 5.60 Å². The van der Waals surface area contributed by atoms with Crippen molar-refractivity contribution in [1.29, 1.82) is 0 Å². The first-order valence-electron chi connectivity index (χ1n) is 8.94. The topological polar surface area (TPSA) is 67.2 Å². The Kier molecular flexibility index (Phi) is 4.39. The third-order valence-corrected chi connectivity index (χ3v) is 6.31. The van der Waals surface area contributed by atoms with Crippen molar-refractivity contribution < 1.29 is 23.1 Å². The molecule has 2 aromatic rings. The normalized spacial score (nSPS) is 28.5. The minimum absolute atomic E-state index is 0.0262. The summed E-state index contributed by atoms with van der Waals surface area (Å²) in [6.45, 7) is 0.0262. The van der Waals surface area contributed by atoms with Crippen molar-refractivity contribution in [1.82, 2.24) is 15.1 Å². The number of amides is 1. The average molecular weight is 458 g/mol. The quantitative estimate of drug-likeness (QED) is 0.723. The fourth-order valence-electron chi connectivity index (χ4n) is 4.12. The van der Waals surface area contributed by atoms with Crippen LogP contribution in [0.15, 0.2) is 47.2 Å². The molecule has 150 valence electrons. The van der Waals surface area contributed by atoms with Crippen molar-refractivity contribution in [2.75, 3.05) is 6.54 Å². The Balaban J connectivity index is 1.53. The van der Waals surface area contributed by atoms with Crippen LogP contribution in [-0.4, -0.2) is 39.1 Å². The first-order chi connectivity index (χ1) is 13.1. The molecule has 1 aromatic carbocycles. The number of alkyl halides is 3. The van der Waals surface area contributed by atoms with Gasteiger partial charge in [0.25, 0.3) is 0 Å². The second-order valence-corrected chi connectivity index (χ2v) is 8.76. The summed E-state index contributed by atoms with van der Waals surface area (Å²) < 4.78 is 42.0. The number of halogens is 4. The lowest BCUT2D eigenvalue weighted by Crippen LogP contribution is -2.65. The van der Waals surface area contributed by atoms with Crippen molar-refractivity contribution in [3.05, 3.63) is 52.8 Å². The van der Waals surface area contributed by atoms with Crippen LogP contribution in [-0.2, 0) is 15.7 Å². The molecule has 4 rings (SSSR count). The fraction of sp³-hybridized carbons (Fsp3) is 0.474. The molecule has 0 spiro atoms. The minimum atomic E-state index is -4.70. The van der Waals surface area contributed by atoms with Crippen LogP contribution in [0.2, 0.25) is 0 Å². The Morgan fingerprint density at radius 3 is 2.39 bits per heavy atom. The first kappa shape index (κ1) is 19.4. The Hall–Kier alpha value is -1.87. The van der Waals surface area contributed by atoms with Gasteiger partial charge in [-0.15, -0.1) is 0 Å². The van der Waals surface area contributed by atoms with Crippen molar-refractivity contribution in [3.8, 4) is 0 Å². The van der Waals surface area contributed by atoms with E-state index in [1.165, 1.54) is 0 Å². The summed E-state index contributed by atoms with van der Waals surface area (Å²) in [5.41, 5.74) is -3.79. The highest BCUT2D eigenvalue weighted by atomic mass is 79.9. The molecule has 0 atom stereocenters. The number of rotatable bonds is 5. The van der Waals surface area contributed by atoms with Crippen molar-refractivity contribution >= 4 is 21.8 Å². The molecule has 0 unspecified atom stereocenters. The summed E-state index contributed by atoms with van der Waals surface area (Å²) in [7, 11) is 0. The van der Waals surface area contributed by atoms with E-state index >= 15 is 0 Å². The predicted molar refractivity (Wildman–Crippen MR) is 98.5 cm³/mol. The van der Waals surface area contributed by atoms with Gasteiger partial charge in [0.1, 0.15) is 5.54 Å². The van der Waals surface area contributed by atoms with Gasteiger partial charge >= 0.3 is 6.18 Å². The molecule has 0 aliphatic heterocycles. The largest absolute Gasteiger partial charge is 0.417 e. The number of nitrogens with zero attached hydrogens (tertiary/aromatic N) is 2. The van der Waals surface area contributed by atoms with Crippen LogP contribution in [0.5, 0.6) is 0 Å². The smallest absolute Gasteiger partial charge is 0.380 e. The second kappa shape index (κ2) is 6.32. The maximum Gasteiger partial charge on any atom is 0.417 e. The third kappa shape index (κ3) is 3.04. The molecule has 0 radical (unpaired) electrons. The van der Waals surface area contributed by atoms with Crippen LogP contribution in [0.4, 0.5) is 13.2 Å². The van der Waals surface area contributed by atoms with E-state index < -0.39 is 35.6 Å². The highest BCUT2D eigenvalue weighted by molar-refractivity contribution is 9.10. The average Bonchev–Trinajstić information content (AvgIpc) is 3.32. The third-order valence-electron chi connectivity index (χ3n) is 5.90. The number of aliphatic hydroxyl groups is 1. The maximum atomic E-state index is 13.2. The van der Waals surface area contributed by atoms with Crippen molar-refractivity contribution in [2.45, 2.75) is 48.4 Å². The van der Waals surface area contributed by atoms with Crippen LogP contribution in [0.3, 0.4) is 0 Å². The van der Waals surface area contributed by atoms with E-state index in [-0.39, 0.29) is 12.5 Å². The monoisotopic (exact) mass is 457 g/mol. The number of carbonyl (C=O) groups excluding carboxylic acids is 1. The molecule has 2 aliphatic rings. The molecular weight excluding hydrogens is 439 g/mol. The summed E-state index contributed by atoms with van der Waals surface area (Å²) in [6.07, 6.45) is -1.11. The highest BCUT2D eigenvalue weighted by Gasteiger charge is 2.67. The molecule has 9 heteroatoms. The van der Waals surface area contributed by atoms with Crippen LogP contribution in [0.25, 0.3) is 0 Å². The Morgan fingerprint density at radius 1 is 1.25 bits per heavy atom. The predicted octanol–water partition coefficient (Wildman–Crippen LogP) is 3.28. The van der Waals surface area contributed by atoms with Crippen LogP contribution < -0.4 is 5.32 Å². The number of hydrogen-bond donors (Lipinski definition) is 2. The van der Waals surface area contributed by atoms with Crippen molar-refractivity contribution in [3.63, 3.8) is 0 Å². The van der Waals surface area contributed by atoms with Crippen molar-refractivity contribution in [2.24, 2.45) is 0 Å². The van der Waals surface area contributed by atoms with Gasteiger partial charge in [-0.1, -0.05) is 30.3 Å². The number of aromatic nitrogens is 2. The fourth-order valence-corrected chi connectivity index (χ4v) is 4.40. The lowest BCUT2D eigenvalue weighted by atomic mass is 9.55. The molecule has 0 saturated heterocycles. The lowest BCUT2D eigenvalue weighted by molar-refractivity contribution is -0.303. The molecule has 1 heterocycles. The molecule has 2 aliphatic carbocycles. The maximum absolute atomic E-state index is 13.2. The Morgan fingerprint density at radius 2 is 1.89 bits per heavy atom. The molecule has 5 nitrogen and oxygen atoms in total. The van der Waals surface area contributed by atoms with Gasteiger partial charge in [-0.05, 0) is 47.2 Å². The highest BCUT2D eigenvalue weighted by Crippen LogP contribution is 2.56. The molecule has 1 aromatic heterocycles. The van der Waals surface area contributed by atoms with E-state index in [1.54, 1.807) is 47.4 Å². The summed E-state index contributed by atoms with van der Waals surface area (Å²) in [5, 5.41) is 17.0. The lowest BCUT2D eigenvalue weighted by Gasteiger charge is -2.54. The van der Waals surface area contributed by atoms with Crippen LogP contribution >= 0.6 is 15.9 Å². The molecule has 1 amide bonds. The van der Waals surface area contributed by atoms with E-state index in [2.05, 4.69) is 26.3 Å². The van der Waals surface area contributed by atoms with Gasteiger partial charge in [0.05, 0.1) is 10.7 Å². The van der Waals surface area contributed by atoms with Crippen LogP contribution in [0, 0.1) is 0 Å². The van der Waals surface area contributed by atoms with Crippen LogP contribution in [0.1, 0.15) is 31.2 Å². The molecule has 2 N–H and O–H groups in total. The standard InChI is InChI=1S/C19H19BrF3N3O2/c20-14-8-25-26(9-14)17(6-7-17)15(27)24-12-16(13-4-2-1-3-5-13)10-18(28,11-16)19(21,22)23/h1-5,8-9,28H,6-7,10-12H2,(H,24,27). The second-order valence-electron chi connectivity index (χ2n) is 7.85.